The minimum absolute atomic E-state index is 0.0141. The van der Waals surface area contributed by atoms with Gasteiger partial charge in [-0.25, -0.2) is 18.6 Å². The van der Waals surface area contributed by atoms with Gasteiger partial charge in [0, 0.05) is 5.56 Å². The topological polar surface area (TPSA) is 87.2 Å². The lowest BCUT2D eigenvalue weighted by molar-refractivity contribution is -0.122. The van der Waals surface area contributed by atoms with Crippen LogP contribution in [0.4, 0.5) is 19.3 Å². The summed E-state index contributed by atoms with van der Waals surface area (Å²) in [6.45, 7) is 3.02. The predicted molar refractivity (Wildman–Crippen MR) is 87.0 cm³/mol. The number of halogens is 2. The molecule has 1 aromatic carbocycles. The van der Waals surface area contributed by atoms with E-state index in [1.54, 1.807) is 13.8 Å². The Balaban J connectivity index is 1.67. The number of rotatable bonds is 4. The SMILES string of the molecule is Cc1nsc([C@@H](C)NC(=O)CN2Cc3c(ccc(F)c3F)NC2=O)n1. The lowest BCUT2D eigenvalue weighted by Gasteiger charge is -2.29. The molecule has 0 saturated carbocycles. The normalized spacial score (nSPS) is 14.7. The molecule has 2 aromatic rings. The number of nitrogens with zero attached hydrogens (tertiary/aromatic N) is 3. The van der Waals surface area contributed by atoms with Crippen molar-refractivity contribution in [2.24, 2.45) is 0 Å². The van der Waals surface area contributed by atoms with Crippen LogP contribution in [0.1, 0.15) is 29.4 Å². The number of anilines is 1. The van der Waals surface area contributed by atoms with Crippen LogP contribution in [0.2, 0.25) is 0 Å². The number of benzene rings is 1. The predicted octanol–water partition coefficient (Wildman–Crippen LogP) is 2.35. The van der Waals surface area contributed by atoms with Gasteiger partial charge < -0.3 is 15.5 Å². The molecule has 7 nitrogen and oxygen atoms in total. The van der Waals surface area contributed by atoms with Crippen molar-refractivity contribution in [2.75, 3.05) is 11.9 Å². The van der Waals surface area contributed by atoms with Gasteiger partial charge in [-0.3, -0.25) is 4.79 Å². The Kier molecular flexibility index (Phi) is 4.62. The first kappa shape index (κ1) is 17.2. The number of carbonyl (C=O) groups is 2. The fraction of sp³-hybridized carbons (Fsp3) is 0.333. The van der Waals surface area contributed by atoms with E-state index in [1.807, 2.05) is 0 Å². The molecule has 0 fully saturated rings. The number of urea groups is 1. The Labute approximate surface area is 146 Å². The highest BCUT2D eigenvalue weighted by Gasteiger charge is 2.28. The number of nitrogens with one attached hydrogen (secondary N) is 2. The standard InChI is InChI=1S/C15H15F2N5O2S/c1-7(14-19-8(2)21-25-14)18-12(23)6-22-5-9-11(20-15(22)24)4-3-10(16)13(9)17/h3-4,7H,5-6H2,1-2H3,(H,18,23)(H,20,24)/t7-/m1/s1. The molecule has 1 aliphatic heterocycles. The molecule has 1 aromatic heterocycles. The third-order valence-electron chi connectivity index (χ3n) is 3.70. The van der Waals surface area contributed by atoms with E-state index in [4.69, 9.17) is 0 Å². The van der Waals surface area contributed by atoms with Gasteiger partial charge in [-0.1, -0.05) is 0 Å². The number of carbonyl (C=O) groups excluding carboxylic acids is 2. The van der Waals surface area contributed by atoms with E-state index in [2.05, 4.69) is 20.0 Å². The molecular formula is C15H15F2N5O2S. The van der Waals surface area contributed by atoms with Gasteiger partial charge in [-0.05, 0) is 37.5 Å². The molecule has 0 saturated heterocycles. The monoisotopic (exact) mass is 367 g/mol. The Bertz CT molecular complexity index is 841. The zero-order valence-electron chi connectivity index (χ0n) is 13.5. The maximum absolute atomic E-state index is 13.9. The van der Waals surface area contributed by atoms with Crippen LogP contribution in [-0.2, 0) is 11.3 Å². The van der Waals surface area contributed by atoms with Gasteiger partial charge in [0.2, 0.25) is 5.91 Å². The van der Waals surface area contributed by atoms with Crippen LogP contribution in [0, 0.1) is 18.6 Å². The average molecular weight is 367 g/mol. The van der Waals surface area contributed by atoms with Crippen LogP contribution >= 0.6 is 11.5 Å². The first-order valence-corrected chi connectivity index (χ1v) is 8.25. The maximum Gasteiger partial charge on any atom is 0.322 e. The summed E-state index contributed by atoms with van der Waals surface area (Å²) < 4.78 is 31.3. The highest BCUT2D eigenvalue weighted by atomic mass is 32.1. The minimum Gasteiger partial charge on any atom is -0.346 e. The van der Waals surface area contributed by atoms with Crippen molar-refractivity contribution in [3.63, 3.8) is 0 Å². The highest BCUT2D eigenvalue weighted by molar-refractivity contribution is 7.05. The molecule has 0 radical (unpaired) electrons. The van der Waals surface area contributed by atoms with Gasteiger partial charge >= 0.3 is 6.03 Å². The third kappa shape index (κ3) is 3.58. The van der Waals surface area contributed by atoms with E-state index >= 15 is 0 Å². The minimum atomic E-state index is -1.03. The second-order valence-electron chi connectivity index (χ2n) is 5.64. The zero-order valence-corrected chi connectivity index (χ0v) is 14.3. The second kappa shape index (κ2) is 6.71. The van der Waals surface area contributed by atoms with Crippen molar-refractivity contribution >= 4 is 29.2 Å². The summed E-state index contributed by atoms with van der Waals surface area (Å²) in [7, 11) is 0. The number of fused-ring (bicyclic) bond motifs is 1. The Morgan fingerprint density at radius 2 is 2.24 bits per heavy atom. The number of aryl methyl sites for hydroxylation is 1. The number of amides is 3. The number of hydrogen-bond acceptors (Lipinski definition) is 5. The van der Waals surface area contributed by atoms with Crippen LogP contribution in [0.15, 0.2) is 12.1 Å². The Morgan fingerprint density at radius 3 is 2.92 bits per heavy atom. The molecule has 3 amide bonds. The smallest absolute Gasteiger partial charge is 0.322 e. The van der Waals surface area contributed by atoms with Crippen molar-refractivity contribution < 1.29 is 18.4 Å². The first-order chi connectivity index (χ1) is 11.8. The second-order valence-corrected chi connectivity index (χ2v) is 6.43. The summed E-state index contributed by atoms with van der Waals surface area (Å²) in [5.74, 6) is -1.85. The quantitative estimate of drug-likeness (QED) is 0.868. The van der Waals surface area contributed by atoms with Gasteiger partial charge in [-0.2, -0.15) is 4.37 Å². The van der Waals surface area contributed by atoms with Crippen LogP contribution in [0.5, 0.6) is 0 Å². The fourth-order valence-electron chi connectivity index (χ4n) is 2.46. The molecule has 0 unspecified atom stereocenters. The summed E-state index contributed by atoms with van der Waals surface area (Å²) in [5, 5.41) is 5.80. The van der Waals surface area contributed by atoms with Gasteiger partial charge in [0.1, 0.15) is 17.4 Å². The van der Waals surface area contributed by atoms with E-state index in [0.717, 1.165) is 11.0 Å². The van der Waals surface area contributed by atoms with Crippen LogP contribution < -0.4 is 10.6 Å². The lowest BCUT2D eigenvalue weighted by Crippen LogP contribution is -2.45. The molecule has 3 rings (SSSR count). The molecule has 2 heterocycles. The van der Waals surface area contributed by atoms with Crippen molar-refractivity contribution in [2.45, 2.75) is 26.4 Å². The summed E-state index contributed by atoms with van der Waals surface area (Å²) in [5.41, 5.74) is 0.221. The van der Waals surface area contributed by atoms with E-state index in [9.17, 15) is 18.4 Å². The molecule has 1 aliphatic rings. The first-order valence-electron chi connectivity index (χ1n) is 7.47. The van der Waals surface area contributed by atoms with Crippen molar-refractivity contribution in [3.8, 4) is 0 Å². The summed E-state index contributed by atoms with van der Waals surface area (Å²) in [4.78, 5) is 29.5. The molecule has 2 N–H and O–H groups in total. The van der Waals surface area contributed by atoms with Crippen LogP contribution in [0.25, 0.3) is 0 Å². The van der Waals surface area contributed by atoms with E-state index in [1.165, 1.54) is 17.6 Å². The van der Waals surface area contributed by atoms with Gasteiger partial charge in [0.15, 0.2) is 11.6 Å². The number of aromatic nitrogens is 2. The van der Waals surface area contributed by atoms with E-state index in [0.29, 0.717) is 10.8 Å². The Hall–Kier alpha value is -2.62. The molecule has 1 atom stereocenters. The van der Waals surface area contributed by atoms with Crippen LogP contribution in [-0.4, -0.2) is 32.7 Å². The van der Waals surface area contributed by atoms with Crippen molar-refractivity contribution in [1.82, 2.24) is 19.6 Å². The van der Waals surface area contributed by atoms with Crippen molar-refractivity contribution in [1.29, 1.82) is 0 Å². The van der Waals surface area contributed by atoms with Gasteiger partial charge in [0.25, 0.3) is 0 Å². The summed E-state index contributed by atoms with van der Waals surface area (Å²) in [6, 6.07) is 1.33. The molecule has 25 heavy (non-hydrogen) atoms. The van der Waals surface area contributed by atoms with Crippen molar-refractivity contribution in [3.05, 3.63) is 40.2 Å². The van der Waals surface area contributed by atoms with E-state index < -0.39 is 23.6 Å². The van der Waals surface area contributed by atoms with Gasteiger partial charge in [-0.15, -0.1) is 0 Å². The average Bonchev–Trinajstić information content (AvgIpc) is 2.99. The molecule has 132 valence electrons. The maximum atomic E-state index is 13.9. The molecule has 0 bridgehead atoms. The zero-order chi connectivity index (χ0) is 18.1. The van der Waals surface area contributed by atoms with Crippen LogP contribution in [0.3, 0.4) is 0 Å². The summed E-state index contributed by atoms with van der Waals surface area (Å²) >= 11 is 1.18. The molecule has 10 heteroatoms. The number of hydrogen-bond donors (Lipinski definition) is 2. The molecule has 0 aliphatic carbocycles. The third-order valence-corrected chi connectivity index (χ3v) is 4.69. The summed E-state index contributed by atoms with van der Waals surface area (Å²) in [6.07, 6.45) is 0. The Morgan fingerprint density at radius 1 is 1.48 bits per heavy atom. The highest BCUT2D eigenvalue weighted by Crippen LogP contribution is 2.27. The lowest BCUT2D eigenvalue weighted by atomic mass is 10.1. The van der Waals surface area contributed by atoms with E-state index in [-0.39, 0.29) is 30.4 Å². The fourth-order valence-corrected chi connectivity index (χ4v) is 3.12. The largest absolute Gasteiger partial charge is 0.346 e. The van der Waals surface area contributed by atoms with Gasteiger partial charge in [0.05, 0.1) is 18.3 Å². The molecule has 0 spiro atoms. The molecular weight excluding hydrogens is 352 g/mol.